The summed E-state index contributed by atoms with van der Waals surface area (Å²) in [5, 5.41) is 19.0. The van der Waals surface area contributed by atoms with E-state index in [0.717, 1.165) is 41.7 Å². The number of methoxy groups -OCH3 is 1. The van der Waals surface area contributed by atoms with Gasteiger partial charge < -0.3 is 43.2 Å². The van der Waals surface area contributed by atoms with E-state index in [1.807, 2.05) is 54.3 Å². The number of hydrogen-bond acceptors (Lipinski definition) is 14. The standard InChI is InChI=1S/C47H56ClF2N5O14/c1-31-34(10-7-11-41(31)64-26-25-63-2)28-52(35-16-17-35)45(56)42-37(33-14-12-32(13-15-33)9-8-22-65-44-39(50)19-18-38(49)43(44)48)27-36-29-51(46(57)66-20-3-5-23-68-54(59)60)30-40(42)53(36)47(58)67-21-4-6-24-69-55(61)62/h7,10-15,18-19,35-36,40H,3-6,8-9,16-17,20-30H2,1-2H3. The maximum Gasteiger partial charge on any atom is 0.410 e. The van der Waals surface area contributed by atoms with Gasteiger partial charge in [0.2, 0.25) is 0 Å². The van der Waals surface area contributed by atoms with Gasteiger partial charge in [0.1, 0.15) is 23.2 Å². The quantitative estimate of drug-likeness (QED) is 0.0324. The third kappa shape index (κ3) is 14.3. The van der Waals surface area contributed by atoms with Gasteiger partial charge in [-0.1, -0.05) is 48.0 Å². The Morgan fingerprint density at radius 3 is 2.09 bits per heavy atom. The number of amides is 3. The molecule has 19 nitrogen and oxygen atoms in total. The lowest BCUT2D eigenvalue weighted by Crippen LogP contribution is -2.65. The Morgan fingerprint density at radius 2 is 1.43 bits per heavy atom. The van der Waals surface area contributed by atoms with Crippen LogP contribution in [-0.4, -0.2) is 128 Å². The Kier molecular flexibility index (Phi) is 19.0. The first-order valence-electron chi connectivity index (χ1n) is 22.8. The zero-order valence-electron chi connectivity index (χ0n) is 38.4. The smallest absolute Gasteiger partial charge is 0.410 e. The molecule has 22 heteroatoms. The van der Waals surface area contributed by atoms with E-state index in [9.17, 15) is 38.6 Å². The van der Waals surface area contributed by atoms with Gasteiger partial charge in [-0.05, 0) is 111 Å². The molecule has 0 spiro atoms. The number of benzene rings is 3. The molecule has 6 rings (SSSR count). The highest BCUT2D eigenvalue weighted by Crippen LogP contribution is 2.42. The molecule has 3 aromatic rings. The predicted octanol–water partition coefficient (Wildman–Crippen LogP) is 7.92. The second kappa shape index (κ2) is 25.2. The van der Waals surface area contributed by atoms with Crippen molar-refractivity contribution in [3.8, 4) is 11.5 Å². The van der Waals surface area contributed by atoms with Crippen LogP contribution in [0.3, 0.4) is 0 Å². The molecule has 0 N–H and O–H groups in total. The molecule has 2 aliphatic heterocycles. The summed E-state index contributed by atoms with van der Waals surface area (Å²) < 4.78 is 56.3. The molecule has 0 radical (unpaired) electrons. The van der Waals surface area contributed by atoms with Crippen molar-refractivity contribution in [3.05, 3.63) is 119 Å². The molecule has 1 saturated carbocycles. The van der Waals surface area contributed by atoms with Crippen LogP contribution in [0.4, 0.5) is 18.4 Å². The van der Waals surface area contributed by atoms with Crippen LogP contribution < -0.4 is 9.47 Å². The fraction of sp³-hybridized carbons (Fsp3) is 0.511. The number of rotatable bonds is 26. The van der Waals surface area contributed by atoms with Crippen molar-refractivity contribution in [3.63, 3.8) is 0 Å². The minimum atomic E-state index is -1.01. The second-order valence-corrected chi connectivity index (χ2v) is 17.1. The van der Waals surface area contributed by atoms with Gasteiger partial charge in [0, 0.05) is 38.4 Å². The van der Waals surface area contributed by atoms with Crippen LogP contribution in [0.2, 0.25) is 5.02 Å². The maximum absolute atomic E-state index is 15.6. The highest BCUT2D eigenvalue weighted by molar-refractivity contribution is 6.32. The van der Waals surface area contributed by atoms with Crippen molar-refractivity contribution in [2.75, 3.05) is 66.4 Å². The first kappa shape index (κ1) is 51.9. The minimum Gasteiger partial charge on any atom is -0.491 e. The third-order valence-electron chi connectivity index (χ3n) is 12.0. The number of unbranched alkanes of at least 4 members (excludes halogenated alkanes) is 2. The number of nitrogens with zero attached hydrogens (tertiary/aromatic N) is 5. The fourth-order valence-electron chi connectivity index (χ4n) is 8.33. The molecule has 1 saturated heterocycles. The van der Waals surface area contributed by atoms with Crippen LogP contribution in [0.5, 0.6) is 11.5 Å². The number of aryl methyl sites for hydroxylation is 1. The summed E-state index contributed by atoms with van der Waals surface area (Å²) in [5.74, 6) is -1.61. The van der Waals surface area contributed by atoms with Crippen LogP contribution in [0.1, 0.15) is 73.6 Å². The molecule has 374 valence electrons. The van der Waals surface area contributed by atoms with Gasteiger partial charge >= 0.3 is 12.2 Å². The molecule has 2 fully saturated rings. The molecule has 69 heavy (non-hydrogen) atoms. The van der Waals surface area contributed by atoms with Crippen molar-refractivity contribution < 1.29 is 66.7 Å². The van der Waals surface area contributed by atoms with Gasteiger partial charge in [0.15, 0.2) is 11.6 Å². The minimum absolute atomic E-state index is 0.0198. The van der Waals surface area contributed by atoms with Gasteiger partial charge in [-0.2, -0.15) is 0 Å². The van der Waals surface area contributed by atoms with E-state index < -0.39 is 51.1 Å². The lowest BCUT2D eigenvalue weighted by Gasteiger charge is -2.50. The number of hydrogen-bond donors (Lipinski definition) is 0. The molecule has 2 unspecified atom stereocenters. The molecule has 3 aromatic carbocycles. The zero-order chi connectivity index (χ0) is 49.5. The highest BCUT2D eigenvalue weighted by Gasteiger charge is 2.50. The average Bonchev–Trinajstić information content (AvgIpc) is 4.17. The molecular weight excluding hydrogens is 932 g/mol. The Labute approximate surface area is 402 Å². The van der Waals surface area contributed by atoms with Crippen molar-refractivity contribution in [2.45, 2.75) is 89.4 Å². The van der Waals surface area contributed by atoms with Gasteiger partial charge in [-0.15, -0.1) is 20.2 Å². The first-order chi connectivity index (χ1) is 33.3. The topological polar surface area (TPSA) is 212 Å². The lowest BCUT2D eigenvalue weighted by molar-refractivity contribution is -0.757. The van der Waals surface area contributed by atoms with E-state index in [1.54, 1.807) is 7.11 Å². The number of carbonyl (C=O) groups excluding carboxylic acids is 3. The zero-order valence-corrected chi connectivity index (χ0v) is 39.2. The van der Waals surface area contributed by atoms with Gasteiger partial charge in [-0.25, -0.2) is 18.4 Å². The van der Waals surface area contributed by atoms with Crippen LogP contribution in [0, 0.1) is 38.8 Å². The fourth-order valence-corrected chi connectivity index (χ4v) is 8.54. The summed E-state index contributed by atoms with van der Waals surface area (Å²) in [7, 11) is 1.58. The van der Waals surface area contributed by atoms with Crippen molar-refractivity contribution in [2.24, 2.45) is 0 Å². The molecule has 2 bridgehead atoms. The monoisotopic (exact) mass is 987 g/mol. The summed E-state index contributed by atoms with van der Waals surface area (Å²) in [6.07, 6.45) is 2.21. The SMILES string of the molecule is COCCOc1cccc(CN(C(=O)C2=C(c3ccc(CCCOc4c(F)ccc(F)c4Cl)cc3)CC3CN(C(=O)OCCCCO[N+](=O)[O-])CC2N3C(=O)OCCCCO[N+](=O)[O-])C2CC2)c1C. The highest BCUT2D eigenvalue weighted by atomic mass is 35.5. The Balaban J connectivity index is 1.31. The number of fused-ring (bicyclic) bond motifs is 2. The normalized spacial score (nSPS) is 16.4. The van der Waals surface area contributed by atoms with Gasteiger partial charge in [-0.3, -0.25) is 9.69 Å². The van der Waals surface area contributed by atoms with Crippen LogP contribution >= 0.6 is 11.6 Å². The van der Waals surface area contributed by atoms with Gasteiger partial charge in [0.25, 0.3) is 16.1 Å². The first-order valence-corrected chi connectivity index (χ1v) is 23.2. The number of halogens is 3. The number of ether oxygens (including phenoxy) is 5. The molecule has 3 amide bonds. The van der Waals surface area contributed by atoms with E-state index in [-0.39, 0.29) is 102 Å². The van der Waals surface area contributed by atoms with Crippen molar-refractivity contribution >= 4 is 35.3 Å². The van der Waals surface area contributed by atoms with Crippen molar-refractivity contribution in [1.82, 2.24) is 14.7 Å². The number of piperazine rings is 1. The van der Waals surface area contributed by atoms with Gasteiger partial charge in [0.05, 0.1) is 51.7 Å². The van der Waals surface area contributed by atoms with Crippen LogP contribution in [0.15, 0.2) is 60.2 Å². The second-order valence-electron chi connectivity index (χ2n) is 16.7. The summed E-state index contributed by atoms with van der Waals surface area (Å²) in [6.45, 7) is 2.31. The Morgan fingerprint density at radius 1 is 0.783 bits per heavy atom. The van der Waals surface area contributed by atoms with E-state index in [1.165, 1.54) is 9.80 Å². The third-order valence-corrected chi connectivity index (χ3v) is 12.3. The summed E-state index contributed by atoms with van der Waals surface area (Å²) in [4.78, 5) is 78.2. The predicted molar refractivity (Wildman–Crippen MR) is 243 cm³/mol. The molecule has 3 aliphatic rings. The van der Waals surface area contributed by atoms with Crippen molar-refractivity contribution in [1.29, 1.82) is 0 Å². The largest absolute Gasteiger partial charge is 0.491 e. The molecule has 2 heterocycles. The molecular formula is C47H56ClF2N5O14. The molecule has 2 atom stereocenters. The number of carbonyl (C=O) groups is 3. The Hall–Kier alpha value is -6.48. The van der Waals surface area contributed by atoms with Crippen LogP contribution in [-0.2, 0) is 41.6 Å². The average molecular weight is 988 g/mol. The summed E-state index contributed by atoms with van der Waals surface area (Å²) in [6, 6.07) is 13.3. The maximum atomic E-state index is 15.6. The van der Waals surface area contributed by atoms with E-state index >= 15 is 4.79 Å². The molecule has 1 aliphatic carbocycles. The summed E-state index contributed by atoms with van der Waals surface area (Å²) >= 11 is 5.93. The summed E-state index contributed by atoms with van der Waals surface area (Å²) in [5.41, 5.74) is 4.29. The lowest BCUT2D eigenvalue weighted by atomic mass is 9.81. The van der Waals surface area contributed by atoms with Crippen LogP contribution in [0.25, 0.3) is 5.57 Å². The Bertz CT molecular complexity index is 2320. The van der Waals surface area contributed by atoms with E-state index in [0.29, 0.717) is 48.5 Å². The molecule has 0 aromatic heterocycles. The van der Waals surface area contributed by atoms with E-state index in [4.69, 9.17) is 35.3 Å². The van der Waals surface area contributed by atoms with E-state index in [2.05, 4.69) is 9.68 Å².